The Hall–Kier alpha value is -1.25. The maximum atomic E-state index is 8.12. The van der Waals surface area contributed by atoms with Crippen molar-refractivity contribution in [3.63, 3.8) is 0 Å². The van der Waals surface area contributed by atoms with Gasteiger partial charge in [-0.05, 0) is 12.1 Å². The van der Waals surface area contributed by atoms with Crippen LogP contribution in [0.5, 0.6) is 0 Å². The predicted octanol–water partition coefficient (Wildman–Crippen LogP) is -0.476. The molecule has 1 heterocycles. The zero-order valence-corrected chi connectivity index (χ0v) is 6.15. The first-order valence-electron chi connectivity index (χ1n) is 2.69. The van der Waals surface area contributed by atoms with E-state index in [1.165, 1.54) is 6.21 Å². The van der Waals surface area contributed by atoms with Gasteiger partial charge in [-0.2, -0.15) is 4.79 Å². The fourth-order valence-electron chi connectivity index (χ4n) is 0.583. The SMILES string of the molecule is [N-]=[N+]=Cc1cccc([Si])n1. The van der Waals surface area contributed by atoms with Crippen LogP contribution in [0.4, 0.5) is 0 Å². The van der Waals surface area contributed by atoms with Crippen molar-refractivity contribution < 1.29 is 4.79 Å². The molecule has 0 saturated heterocycles. The normalized spacial score (nSPS) is 8.50. The minimum absolute atomic E-state index is 0.620. The van der Waals surface area contributed by atoms with Gasteiger partial charge < -0.3 is 5.53 Å². The highest BCUT2D eigenvalue weighted by atomic mass is 28.1. The smallest absolute Gasteiger partial charge is 0.305 e. The van der Waals surface area contributed by atoms with E-state index in [9.17, 15) is 0 Å². The van der Waals surface area contributed by atoms with Crippen LogP contribution in [0.25, 0.3) is 5.53 Å². The summed E-state index contributed by atoms with van der Waals surface area (Å²) in [4.78, 5) is 6.81. The lowest BCUT2D eigenvalue weighted by Crippen LogP contribution is -2.09. The average molecular weight is 146 g/mol. The van der Waals surface area contributed by atoms with Crippen molar-refractivity contribution in [3.8, 4) is 0 Å². The molecule has 0 spiro atoms. The van der Waals surface area contributed by atoms with Crippen LogP contribution in [0, 0.1) is 0 Å². The predicted molar refractivity (Wildman–Crippen MR) is 38.4 cm³/mol. The van der Waals surface area contributed by atoms with E-state index < -0.39 is 0 Å². The highest BCUT2D eigenvalue weighted by molar-refractivity contribution is 6.30. The fourth-order valence-corrected chi connectivity index (χ4v) is 0.808. The lowest BCUT2D eigenvalue weighted by atomic mass is 10.4. The van der Waals surface area contributed by atoms with Gasteiger partial charge in [0.1, 0.15) is 5.69 Å². The van der Waals surface area contributed by atoms with Crippen LogP contribution in [0.15, 0.2) is 18.2 Å². The topological polar surface area (TPSA) is 49.3 Å². The third-order valence-electron chi connectivity index (χ3n) is 0.961. The summed E-state index contributed by atoms with van der Waals surface area (Å²) in [5, 5.41) is 0.720. The summed E-state index contributed by atoms with van der Waals surface area (Å²) in [5.74, 6) is 0. The molecule has 0 amide bonds. The molecule has 0 aliphatic carbocycles. The molecule has 3 radical (unpaired) electrons. The molecule has 0 aliphatic heterocycles. The van der Waals surface area contributed by atoms with Gasteiger partial charge in [0.05, 0.1) is 10.2 Å². The van der Waals surface area contributed by atoms with Gasteiger partial charge in [-0.15, -0.1) is 0 Å². The van der Waals surface area contributed by atoms with Gasteiger partial charge in [0.15, 0.2) is 0 Å². The molecular weight excluding hydrogens is 142 g/mol. The second-order valence-electron chi connectivity index (χ2n) is 1.69. The molecule has 1 aromatic rings. The summed E-state index contributed by atoms with van der Waals surface area (Å²) in [5.41, 5.74) is 8.74. The zero-order valence-electron chi connectivity index (χ0n) is 5.15. The van der Waals surface area contributed by atoms with Gasteiger partial charge in [0.25, 0.3) is 0 Å². The van der Waals surface area contributed by atoms with Crippen molar-refractivity contribution in [2.75, 3.05) is 0 Å². The van der Waals surface area contributed by atoms with Gasteiger partial charge >= 0.3 is 6.21 Å². The molecule has 1 aromatic heterocycles. The van der Waals surface area contributed by atoms with Crippen molar-refractivity contribution in [1.29, 1.82) is 0 Å². The monoisotopic (exact) mass is 146 g/mol. The van der Waals surface area contributed by atoms with Crippen LogP contribution in [0.2, 0.25) is 0 Å². The van der Waals surface area contributed by atoms with Crippen LogP contribution in [0.1, 0.15) is 5.69 Å². The molecule has 0 atom stereocenters. The molecule has 47 valence electrons. The standard InChI is InChI=1S/C6H4N3Si/c7-8-4-5-2-1-3-6(10)9-5/h1-4H. The Kier molecular flexibility index (Phi) is 2.09. The Labute approximate surface area is 61.8 Å². The van der Waals surface area contributed by atoms with E-state index in [1.54, 1.807) is 12.1 Å². The van der Waals surface area contributed by atoms with Crippen molar-refractivity contribution >= 4 is 21.8 Å². The molecule has 0 bridgehead atoms. The van der Waals surface area contributed by atoms with E-state index in [1.807, 2.05) is 6.07 Å². The Morgan fingerprint density at radius 2 is 2.40 bits per heavy atom. The summed E-state index contributed by atoms with van der Waals surface area (Å²) in [6.45, 7) is 0. The van der Waals surface area contributed by atoms with Crippen LogP contribution in [0.3, 0.4) is 0 Å². The van der Waals surface area contributed by atoms with Crippen molar-refractivity contribution in [3.05, 3.63) is 29.4 Å². The first kappa shape index (κ1) is 6.86. The Morgan fingerprint density at radius 1 is 1.60 bits per heavy atom. The second kappa shape index (κ2) is 3.05. The molecule has 0 unspecified atom stereocenters. The minimum Gasteiger partial charge on any atom is -0.361 e. The van der Waals surface area contributed by atoms with Crippen LogP contribution in [-0.4, -0.2) is 26.2 Å². The number of hydrogen-bond donors (Lipinski definition) is 0. The van der Waals surface area contributed by atoms with Crippen LogP contribution >= 0.6 is 0 Å². The molecule has 0 saturated carbocycles. The van der Waals surface area contributed by atoms with Crippen molar-refractivity contribution in [2.45, 2.75) is 0 Å². The highest BCUT2D eigenvalue weighted by Gasteiger charge is 1.91. The highest BCUT2D eigenvalue weighted by Crippen LogP contribution is 1.83. The van der Waals surface area contributed by atoms with E-state index in [0.717, 1.165) is 5.32 Å². The molecule has 3 nitrogen and oxygen atoms in total. The summed E-state index contributed by atoms with van der Waals surface area (Å²) in [7, 11) is 3.23. The molecule has 1 rings (SSSR count). The summed E-state index contributed by atoms with van der Waals surface area (Å²) >= 11 is 0. The molecule has 0 fully saturated rings. The fraction of sp³-hybridized carbons (Fsp3) is 0. The van der Waals surface area contributed by atoms with Gasteiger partial charge in [0.2, 0.25) is 0 Å². The molecule has 0 N–H and O–H groups in total. The molecule has 0 aliphatic rings. The summed E-state index contributed by atoms with van der Waals surface area (Å²) < 4.78 is 0. The van der Waals surface area contributed by atoms with Crippen molar-refractivity contribution in [2.24, 2.45) is 0 Å². The lowest BCUT2D eigenvalue weighted by Gasteiger charge is -1.87. The zero-order chi connectivity index (χ0) is 7.40. The number of aromatic nitrogens is 1. The van der Waals surface area contributed by atoms with E-state index in [0.29, 0.717) is 5.69 Å². The quantitative estimate of drug-likeness (QED) is 0.228. The number of pyridine rings is 1. The Balaban J connectivity index is 3.06. The number of nitrogens with zero attached hydrogens (tertiary/aromatic N) is 3. The largest absolute Gasteiger partial charge is 0.361 e. The molecule has 4 heteroatoms. The third-order valence-corrected chi connectivity index (χ3v) is 1.24. The van der Waals surface area contributed by atoms with Gasteiger partial charge in [-0.3, -0.25) is 4.98 Å². The lowest BCUT2D eigenvalue weighted by molar-refractivity contribution is 0.00428. The van der Waals surface area contributed by atoms with Gasteiger partial charge in [-0.25, -0.2) is 0 Å². The van der Waals surface area contributed by atoms with E-state index in [2.05, 4.69) is 20.0 Å². The number of rotatable bonds is 1. The molecule has 0 aromatic carbocycles. The summed E-state index contributed by atoms with van der Waals surface area (Å²) in [6.07, 6.45) is 1.27. The maximum Gasteiger partial charge on any atom is 0.305 e. The van der Waals surface area contributed by atoms with E-state index in [4.69, 9.17) is 5.53 Å². The van der Waals surface area contributed by atoms with E-state index >= 15 is 0 Å². The van der Waals surface area contributed by atoms with Crippen molar-refractivity contribution in [1.82, 2.24) is 4.98 Å². The third kappa shape index (κ3) is 1.61. The Bertz CT molecular complexity index is 278. The maximum absolute atomic E-state index is 8.12. The van der Waals surface area contributed by atoms with Gasteiger partial charge in [-0.1, -0.05) is 6.07 Å². The van der Waals surface area contributed by atoms with Crippen LogP contribution < -0.4 is 5.32 Å². The molecule has 10 heavy (non-hydrogen) atoms. The second-order valence-corrected chi connectivity index (χ2v) is 2.20. The summed E-state index contributed by atoms with van der Waals surface area (Å²) in [6, 6.07) is 5.35. The van der Waals surface area contributed by atoms with Crippen LogP contribution in [-0.2, 0) is 0 Å². The minimum atomic E-state index is 0.620. The first-order valence-corrected chi connectivity index (χ1v) is 3.19. The number of hydrogen-bond acceptors (Lipinski definition) is 1. The Morgan fingerprint density at radius 3 is 3.00 bits per heavy atom. The first-order chi connectivity index (χ1) is 4.83. The molecular formula is C6H4N3Si. The average Bonchev–Trinajstić information content (AvgIpc) is 1.88. The van der Waals surface area contributed by atoms with E-state index in [-0.39, 0.29) is 0 Å². The van der Waals surface area contributed by atoms with Gasteiger partial charge in [0, 0.05) is 5.32 Å².